The number of carbonyl (C=O) groups excluding carboxylic acids is 1. The van der Waals surface area contributed by atoms with Crippen LogP contribution in [0.15, 0.2) is 28.3 Å². The first-order valence-corrected chi connectivity index (χ1v) is 7.08. The fourth-order valence-corrected chi connectivity index (χ4v) is 2.61. The molecule has 0 aliphatic carbocycles. The van der Waals surface area contributed by atoms with Crippen LogP contribution in [-0.2, 0) is 4.74 Å². The number of hydrogen-bond acceptors (Lipinski definition) is 3. The van der Waals surface area contributed by atoms with Gasteiger partial charge in [-0.25, -0.2) is 9.18 Å². The van der Waals surface area contributed by atoms with Crippen LogP contribution in [0, 0.1) is 5.82 Å². The van der Waals surface area contributed by atoms with Gasteiger partial charge in [-0.2, -0.15) is 8.78 Å². The predicted molar refractivity (Wildman–Crippen MR) is 76.1 cm³/mol. The Bertz CT molecular complexity index is 590. The summed E-state index contributed by atoms with van der Waals surface area (Å²) >= 11 is 3.07. The third kappa shape index (κ3) is 3.40. The molecular weight excluding hydrogens is 351 g/mol. The monoisotopic (exact) mass is 363 g/mol. The van der Waals surface area contributed by atoms with Crippen LogP contribution in [0.5, 0.6) is 0 Å². The van der Waals surface area contributed by atoms with Crippen LogP contribution in [-0.4, -0.2) is 26.2 Å². The highest BCUT2D eigenvalue weighted by molar-refractivity contribution is 9.10. The molecule has 114 valence electrons. The molecule has 0 bridgehead atoms. The molecule has 3 nitrogen and oxygen atoms in total. The summed E-state index contributed by atoms with van der Waals surface area (Å²) in [4.78, 5) is 13.5. The van der Waals surface area contributed by atoms with Crippen LogP contribution in [0.25, 0.3) is 0 Å². The van der Waals surface area contributed by atoms with Crippen molar-refractivity contribution in [1.29, 1.82) is 0 Å². The summed E-state index contributed by atoms with van der Waals surface area (Å²) in [6.45, 7) is 0.684. The molecule has 0 atom stereocenters. The number of halogens is 4. The normalized spacial score (nSPS) is 15.1. The van der Waals surface area contributed by atoms with Crippen LogP contribution in [0.1, 0.15) is 23.2 Å². The van der Waals surface area contributed by atoms with Crippen LogP contribution < -0.4 is 4.90 Å². The van der Waals surface area contributed by atoms with Gasteiger partial charge in [0.25, 0.3) is 6.08 Å². The Morgan fingerprint density at radius 2 is 1.90 bits per heavy atom. The number of anilines is 1. The smallest absolute Gasteiger partial charge is 0.340 e. The molecule has 0 N–H and O–H groups in total. The second-order valence-corrected chi connectivity index (χ2v) is 5.48. The zero-order valence-corrected chi connectivity index (χ0v) is 12.8. The Kier molecular flexibility index (Phi) is 4.92. The molecule has 1 fully saturated rings. The zero-order chi connectivity index (χ0) is 15.6. The summed E-state index contributed by atoms with van der Waals surface area (Å²) in [5.74, 6) is -1.24. The zero-order valence-electron chi connectivity index (χ0n) is 11.3. The van der Waals surface area contributed by atoms with Crippen molar-refractivity contribution in [3.63, 3.8) is 0 Å². The van der Waals surface area contributed by atoms with E-state index in [4.69, 9.17) is 0 Å². The van der Waals surface area contributed by atoms with E-state index in [1.54, 1.807) is 4.90 Å². The van der Waals surface area contributed by atoms with E-state index in [0.717, 1.165) is 6.07 Å². The number of benzene rings is 1. The largest absolute Gasteiger partial charge is 0.465 e. The molecule has 1 aliphatic rings. The van der Waals surface area contributed by atoms with E-state index in [2.05, 4.69) is 20.7 Å². The van der Waals surface area contributed by atoms with Crippen molar-refractivity contribution in [2.75, 3.05) is 25.1 Å². The number of nitrogens with zero attached hydrogens (tertiary/aromatic N) is 1. The van der Waals surface area contributed by atoms with Gasteiger partial charge in [0, 0.05) is 13.1 Å². The summed E-state index contributed by atoms with van der Waals surface area (Å²) in [6.07, 6.45) is -1.20. The van der Waals surface area contributed by atoms with Gasteiger partial charge in [0.05, 0.1) is 22.8 Å². The molecule has 7 heteroatoms. The van der Waals surface area contributed by atoms with Gasteiger partial charge in [0.1, 0.15) is 5.82 Å². The maximum absolute atomic E-state index is 13.6. The summed E-state index contributed by atoms with van der Waals surface area (Å²) in [5, 5.41) is 0. The van der Waals surface area contributed by atoms with Gasteiger partial charge < -0.3 is 9.64 Å². The number of carbonyl (C=O) groups is 1. The molecule has 1 saturated heterocycles. The van der Waals surface area contributed by atoms with E-state index in [0.29, 0.717) is 18.8 Å². The molecule has 1 aliphatic heterocycles. The lowest BCUT2D eigenvalue weighted by molar-refractivity contribution is 0.0601. The van der Waals surface area contributed by atoms with Crippen molar-refractivity contribution in [3.05, 3.63) is 39.6 Å². The summed E-state index contributed by atoms with van der Waals surface area (Å²) < 4.78 is 43.6. The average Bonchev–Trinajstić information content (AvgIpc) is 2.48. The van der Waals surface area contributed by atoms with Crippen LogP contribution in [0.2, 0.25) is 0 Å². The molecule has 0 radical (unpaired) electrons. The molecule has 0 unspecified atom stereocenters. The van der Waals surface area contributed by atoms with Gasteiger partial charge >= 0.3 is 5.97 Å². The number of ether oxygens (including phenoxy) is 1. The molecule has 0 saturated carbocycles. The molecule has 0 amide bonds. The Balaban J connectivity index is 2.33. The number of methoxy groups -OCH3 is 1. The first kappa shape index (κ1) is 15.9. The third-order valence-electron chi connectivity index (χ3n) is 3.42. The molecule has 0 spiro atoms. The topological polar surface area (TPSA) is 29.5 Å². The van der Waals surface area contributed by atoms with Gasteiger partial charge in [0.15, 0.2) is 0 Å². The summed E-state index contributed by atoms with van der Waals surface area (Å²) in [5.41, 5.74) is 0.701. The van der Waals surface area contributed by atoms with Crippen molar-refractivity contribution in [1.82, 2.24) is 0 Å². The molecule has 1 aromatic carbocycles. The van der Waals surface area contributed by atoms with Crippen molar-refractivity contribution < 1.29 is 22.7 Å². The minimum Gasteiger partial charge on any atom is -0.465 e. The second kappa shape index (κ2) is 6.51. The molecule has 1 heterocycles. The lowest BCUT2D eigenvalue weighted by Gasteiger charge is -2.31. The van der Waals surface area contributed by atoms with E-state index in [1.165, 1.54) is 13.2 Å². The van der Waals surface area contributed by atoms with E-state index >= 15 is 0 Å². The fourth-order valence-electron chi connectivity index (χ4n) is 2.28. The highest BCUT2D eigenvalue weighted by atomic mass is 79.9. The third-order valence-corrected chi connectivity index (χ3v) is 4.03. The van der Waals surface area contributed by atoms with Gasteiger partial charge in [-0.15, -0.1) is 0 Å². The number of esters is 1. The summed E-state index contributed by atoms with van der Waals surface area (Å²) in [6, 6.07) is 2.56. The lowest BCUT2D eigenvalue weighted by Crippen LogP contribution is -2.32. The molecular formula is C14H13BrF3NO2. The van der Waals surface area contributed by atoms with Crippen molar-refractivity contribution >= 4 is 27.6 Å². The van der Waals surface area contributed by atoms with Gasteiger partial charge in [-0.3, -0.25) is 0 Å². The standard InChI is InChI=1S/C14H13BrF3NO2/c1-21-14(20)9-6-11(16)10(15)7-12(9)19-4-2-8(3-5-19)13(17)18/h6-7H,2-5H2,1H3. The van der Waals surface area contributed by atoms with Gasteiger partial charge in [-0.05, 0) is 46.5 Å². The van der Waals surface area contributed by atoms with Crippen LogP contribution in [0.3, 0.4) is 0 Å². The SMILES string of the molecule is COC(=O)c1cc(F)c(Br)cc1N1CCC(=C(F)F)CC1. The van der Waals surface area contributed by atoms with Gasteiger partial charge in [0.2, 0.25) is 0 Å². The first-order valence-electron chi connectivity index (χ1n) is 6.29. The predicted octanol–water partition coefficient (Wildman–Crippen LogP) is 4.13. The number of hydrogen-bond donors (Lipinski definition) is 0. The minimum atomic E-state index is -1.64. The second-order valence-electron chi connectivity index (χ2n) is 4.63. The first-order chi connectivity index (χ1) is 9.93. The number of piperidine rings is 1. The Hall–Kier alpha value is -1.50. The number of rotatable bonds is 2. The van der Waals surface area contributed by atoms with E-state index in [1.807, 2.05) is 0 Å². The average molecular weight is 364 g/mol. The quantitative estimate of drug-likeness (QED) is 0.740. The minimum absolute atomic E-state index is 0.0892. The Labute approximate surface area is 128 Å². The van der Waals surface area contributed by atoms with Crippen LogP contribution >= 0.6 is 15.9 Å². The highest BCUT2D eigenvalue weighted by Gasteiger charge is 2.24. The van der Waals surface area contributed by atoms with Gasteiger partial charge in [-0.1, -0.05) is 0 Å². The lowest BCUT2D eigenvalue weighted by atomic mass is 10.0. The maximum atomic E-state index is 13.6. The van der Waals surface area contributed by atoms with E-state index < -0.39 is 17.9 Å². The maximum Gasteiger partial charge on any atom is 0.340 e. The van der Waals surface area contributed by atoms with E-state index in [9.17, 15) is 18.0 Å². The highest BCUT2D eigenvalue weighted by Crippen LogP contribution is 2.32. The summed E-state index contributed by atoms with van der Waals surface area (Å²) in [7, 11) is 1.21. The van der Waals surface area contributed by atoms with Crippen LogP contribution in [0.4, 0.5) is 18.9 Å². The van der Waals surface area contributed by atoms with Crippen molar-refractivity contribution in [2.45, 2.75) is 12.8 Å². The fraction of sp³-hybridized carbons (Fsp3) is 0.357. The van der Waals surface area contributed by atoms with E-state index in [-0.39, 0.29) is 28.5 Å². The van der Waals surface area contributed by atoms with Crippen molar-refractivity contribution in [3.8, 4) is 0 Å². The molecule has 1 aromatic rings. The Morgan fingerprint density at radius 3 is 2.43 bits per heavy atom. The molecule has 21 heavy (non-hydrogen) atoms. The molecule has 0 aromatic heterocycles. The van der Waals surface area contributed by atoms with Crippen molar-refractivity contribution in [2.24, 2.45) is 0 Å². The Morgan fingerprint density at radius 1 is 1.29 bits per heavy atom. The molecule has 2 rings (SSSR count).